The minimum absolute atomic E-state index is 0.111. The number of ketones is 1. The number of amides is 2. The molecule has 2 fully saturated rings. The second-order valence-corrected chi connectivity index (χ2v) is 11.0. The molecular formula is C36H33N3O6. The van der Waals surface area contributed by atoms with E-state index in [1.54, 1.807) is 31.4 Å². The maximum Gasteiger partial charge on any atom is 0.338 e. The molecule has 2 aliphatic rings. The molecule has 4 aromatic carbocycles. The summed E-state index contributed by atoms with van der Waals surface area (Å²) in [5.74, 6) is -0.723. The van der Waals surface area contributed by atoms with Crippen molar-refractivity contribution in [2.75, 3.05) is 49.7 Å². The summed E-state index contributed by atoms with van der Waals surface area (Å²) < 4.78 is 10.5. The summed E-state index contributed by atoms with van der Waals surface area (Å²) in [6, 6.07) is 30.4. The summed E-state index contributed by atoms with van der Waals surface area (Å²) in [6.45, 7) is 2.39. The van der Waals surface area contributed by atoms with Crippen molar-refractivity contribution in [2.45, 2.75) is 12.5 Å². The molecule has 45 heavy (non-hydrogen) atoms. The zero-order valence-electron chi connectivity index (χ0n) is 24.9. The molecule has 0 bridgehead atoms. The number of hydrogen-bond donors (Lipinski definition) is 0. The summed E-state index contributed by atoms with van der Waals surface area (Å²) in [5.41, 5.74) is 4.18. The standard InChI is InChI=1S/C36H33N3O6/c1-44-31-17-15-29(16-18-31)37-19-21-38(22-20-37)32-23-34(41)39(35(32)42)30-13-11-28(12-14-30)36(43)45-24-33(40)27-9-7-26(8-10-27)25-5-3-2-4-6-25/h2-18,32H,19-24H2,1H3. The molecule has 2 heterocycles. The van der Waals surface area contributed by atoms with Crippen molar-refractivity contribution >= 4 is 34.9 Å². The van der Waals surface area contributed by atoms with Gasteiger partial charge in [-0.05, 0) is 59.7 Å². The van der Waals surface area contributed by atoms with E-state index in [-0.39, 0.29) is 29.6 Å². The molecule has 9 heteroatoms. The highest BCUT2D eigenvalue weighted by Crippen LogP contribution is 2.28. The van der Waals surface area contributed by atoms with E-state index >= 15 is 0 Å². The highest BCUT2D eigenvalue weighted by atomic mass is 16.5. The number of imide groups is 1. The van der Waals surface area contributed by atoms with Gasteiger partial charge in [-0.3, -0.25) is 19.3 Å². The van der Waals surface area contributed by atoms with Crippen molar-refractivity contribution in [1.29, 1.82) is 0 Å². The van der Waals surface area contributed by atoms with Crippen LogP contribution in [0.25, 0.3) is 11.1 Å². The van der Waals surface area contributed by atoms with Gasteiger partial charge in [0.2, 0.25) is 5.91 Å². The van der Waals surface area contributed by atoms with Crippen LogP contribution in [0.4, 0.5) is 11.4 Å². The first-order valence-corrected chi connectivity index (χ1v) is 14.9. The summed E-state index contributed by atoms with van der Waals surface area (Å²) in [4.78, 5) is 57.1. The van der Waals surface area contributed by atoms with E-state index in [0.717, 1.165) is 35.7 Å². The Labute approximate surface area is 261 Å². The predicted octanol–water partition coefficient (Wildman–Crippen LogP) is 4.86. The predicted molar refractivity (Wildman–Crippen MR) is 171 cm³/mol. The molecule has 0 radical (unpaired) electrons. The van der Waals surface area contributed by atoms with Gasteiger partial charge in [-0.15, -0.1) is 0 Å². The molecule has 0 aliphatic carbocycles. The summed E-state index contributed by atoms with van der Waals surface area (Å²) in [5, 5.41) is 0. The molecule has 228 valence electrons. The van der Waals surface area contributed by atoms with Crippen LogP contribution >= 0.6 is 0 Å². The third-order valence-electron chi connectivity index (χ3n) is 8.32. The van der Waals surface area contributed by atoms with E-state index in [4.69, 9.17) is 9.47 Å². The van der Waals surface area contributed by atoms with Crippen molar-refractivity contribution in [3.8, 4) is 16.9 Å². The highest BCUT2D eigenvalue weighted by Gasteiger charge is 2.43. The monoisotopic (exact) mass is 603 g/mol. The van der Waals surface area contributed by atoms with Gasteiger partial charge in [0.15, 0.2) is 12.4 Å². The van der Waals surface area contributed by atoms with Gasteiger partial charge in [0.25, 0.3) is 5.91 Å². The highest BCUT2D eigenvalue weighted by molar-refractivity contribution is 6.22. The van der Waals surface area contributed by atoms with Gasteiger partial charge >= 0.3 is 5.97 Å². The fourth-order valence-corrected chi connectivity index (χ4v) is 5.78. The largest absolute Gasteiger partial charge is 0.497 e. The molecule has 6 rings (SSSR count). The van der Waals surface area contributed by atoms with E-state index in [0.29, 0.717) is 24.3 Å². The Hall–Kier alpha value is -5.28. The van der Waals surface area contributed by atoms with Crippen LogP contribution in [0.3, 0.4) is 0 Å². The van der Waals surface area contributed by atoms with Crippen LogP contribution in [-0.4, -0.2) is 74.4 Å². The van der Waals surface area contributed by atoms with Crippen LogP contribution in [-0.2, 0) is 14.3 Å². The van der Waals surface area contributed by atoms with Crippen LogP contribution < -0.4 is 14.5 Å². The average molecular weight is 604 g/mol. The summed E-state index contributed by atoms with van der Waals surface area (Å²) in [6.07, 6.45) is 0.111. The number of ether oxygens (including phenoxy) is 2. The number of hydrogen-bond acceptors (Lipinski definition) is 8. The van der Waals surface area contributed by atoms with E-state index in [1.165, 1.54) is 17.0 Å². The molecule has 2 amide bonds. The lowest BCUT2D eigenvalue weighted by Gasteiger charge is -2.38. The van der Waals surface area contributed by atoms with Gasteiger partial charge in [-0.1, -0.05) is 54.6 Å². The molecule has 9 nitrogen and oxygen atoms in total. The maximum absolute atomic E-state index is 13.4. The van der Waals surface area contributed by atoms with Gasteiger partial charge in [0, 0.05) is 37.4 Å². The second kappa shape index (κ2) is 13.2. The molecule has 0 aromatic heterocycles. The van der Waals surface area contributed by atoms with E-state index < -0.39 is 18.6 Å². The van der Waals surface area contributed by atoms with Crippen molar-refractivity contribution in [2.24, 2.45) is 0 Å². The molecule has 0 spiro atoms. The summed E-state index contributed by atoms with van der Waals surface area (Å²) >= 11 is 0. The molecule has 4 aromatic rings. The first-order chi connectivity index (χ1) is 21.9. The van der Waals surface area contributed by atoms with Gasteiger partial charge in [0.1, 0.15) is 5.75 Å². The number of anilines is 2. The van der Waals surface area contributed by atoms with Crippen LogP contribution in [0.15, 0.2) is 103 Å². The van der Waals surface area contributed by atoms with Gasteiger partial charge in [-0.2, -0.15) is 0 Å². The Kier molecular flexibility index (Phi) is 8.70. The van der Waals surface area contributed by atoms with Gasteiger partial charge in [0.05, 0.1) is 30.8 Å². The third-order valence-corrected chi connectivity index (χ3v) is 8.32. The summed E-state index contributed by atoms with van der Waals surface area (Å²) in [7, 11) is 1.64. The minimum atomic E-state index is -0.664. The minimum Gasteiger partial charge on any atom is -0.497 e. The molecule has 2 aliphatic heterocycles. The fraction of sp³-hybridized carbons (Fsp3) is 0.222. The number of methoxy groups -OCH3 is 1. The molecule has 1 unspecified atom stereocenters. The Bertz CT molecular complexity index is 1680. The quantitative estimate of drug-likeness (QED) is 0.152. The van der Waals surface area contributed by atoms with E-state index in [9.17, 15) is 19.2 Å². The SMILES string of the molecule is COc1ccc(N2CCN(C3CC(=O)N(c4ccc(C(=O)OCC(=O)c5ccc(-c6ccccc6)cc5)cc4)C3=O)CC2)cc1. The topological polar surface area (TPSA) is 96.5 Å². The van der Waals surface area contributed by atoms with Crippen molar-refractivity contribution in [3.05, 3.63) is 114 Å². The zero-order valence-corrected chi connectivity index (χ0v) is 24.9. The maximum atomic E-state index is 13.4. The normalized spacial score (nSPS) is 17.0. The molecule has 0 N–H and O–H groups in total. The fourth-order valence-electron chi connectivity index (χ4n) is 5.78. The second-order valence-electron chi connectivity index (χ2n) is 11.0. The molecule has 2 saturated heterocycles. The van der Waals surface area contributed by atoms with Crippen molar-refractivity contribution < 1.29 is 28.7 Å². The number of Topliss-reactive ketones (excluding diaryl/α,β-unsaturated/α-hetero) is 1. The first-order valence-electron chi connectivity index (χ1n) is 14.9. The van der Waals surface area contributed by atoms with E-state index in [1.807, 2.05) is 66.7 Å². The molecule has 1 atom stereocenters. The lowest BCUT2D eigenvalue weighted by atomic mass is 10.0. The zero-order chi connectivity index (χ0) is 31.3. The van der Waals surface area contributed by atoms with E-state index in [2.05, 4.69) is 9.80 Å². The molecular weight excluding hydrogens is 570 g/mol. The Balaban J connectivity index is 1.01. The van der Waals surface area contributed by atoms with Crippen LogP contribution in [0, 0.1) is 0 Å². The number of carbonyl (C=O) groups is 4. The van der Waals surface area contributed by atoms with Crippen molar-refractivity contribution in [3.63, 3.8) is 0 Å². The van der Waals surface area contributed by atoms with Gasteiger partial charge < -0.3 is 14.4 Å². The number of benzene rings is 4. The Morgan fingerprint density at radius 2 is 1.31 bits per heavy atom. The average Bonchev–Trinajstić information content (AvgIpc) is 3.40. The Morgan fingerprint density at radius 1 is 0.711 bits per heavy atom. The Morgan fingerprint density at radius 3 is 1.96 bits per heavy atom. The number of nitrogens with zero attached hydrogens (tertiary/aromatic N) is 3. The van der Waals surface area contributed by atoms with Crippen LogP contribution in [0.1, 0.15) is 27.1 Å². The number of rotatable bonds is 9. The molecule has 0 saturated carbocycles. The first kappa shape index (κ1) is 29.8. The van der Waals surface area contributed by atoms with Crippen LogP contribution in [0.5, 0.6) is 5.75 Å². The van der Waals surface area contributed by atoms with Crippen LogP contribution in [0.2, 0.25) is 0 Å². The number of piperazine rings is 1. The number of esters is 1. The third kappa shape index (κ3) is 6.49. The van der Waals surface area contributed by atoms with Crippen molar-refractivity contribution in [1.82, 2.24) is 4.90 Å². The lowest BCUT2D eigenvalue weighted by Crippen LogP contribution is -2.52. The lowest BCUT2D eigenvalue weighted by molar-refractivity contribution is -0.123. The van der Waals surface area contributed by atoms with Gasteiger partial charge in [-0.25, -0.2) is 9.69 Å². The number of carbonyl (C=O) groups excluding carboxylic acids is 4. The smallest absolute Gasteiger partial charge is 0.338 e.